The minimum atomic E-state index is -3.88. The van der Waals surface area contributed by atoms with Gasteiger partial charge in [-0.3, -0.25) is 20.3 Å². The number of benzene rings is 1. The van der Waals surface area contributed by atoms with Crippen LogP contribution in [0.15, 0.2) is 24.7 Å². The lowest BCUT2D eigenvalue weighted by atomic mass is 10.0. The van der Waals surface area contributed by atoms with Gasteiger partial charge in [-0.15, -0.1) is 0 Å². The second-order valence-corrected chi connectivity index (χ2v) is 9.43. The van der Waals surface area contributed by atoms with Crippen molar-refractivity contribution < 1.29 is 22.0 Å². The first-order valence-corrected chi connectivity index (χ1v) is 12.2. The molecule has 0 saturated carbocycles. The topological polar surface area (TPSA) is 177 Å². The van der Waals surface area contributed by atoms with Crippen LogP contribution in [0.2, 0.25) is 0 Å². The molecule has 3 rings (SSSR count). The predicted octanol–water partition coefficient (Wildman–Crippen LogP) is 2.98. The zero-order chi connectivity index (χ0) is 25.8. The molecule has 14 heteroatoms. The van der Waals surface area contributed by atoms with Crippen molar-refractivity contribution in [2.75, 3.05) is 22.3 Å². The summed E-state index contributed by atoms with van der Waals surface area (Å²) in [6.45, 7) is 3.34. The highest BCUT2D eigenvalue weighted by atomic mass is 32.2. The van der Waals surface area contributed by atoms with E-state index < -0.39 is 38.7 Å². The fourth-order valence-corrected chi connectivity index (χ4v) is 4.46. The van der Waals surface area contributed by atoms with Gasteiger partial charge in [0, 0.05) is 19.2 Å². The van der Waals surface area contributed by atoms with Crippen LogP contribution in [0.25, 0.3) is 11.0 Å². The van der Waals surface area contributed by atoms with E-state index in [1.54, 1.807) is 6.92 Å². The van der Waals surface area contributed by atoms with Crippen LogP contribution >= 0.6 is 0 Å². The Bertz CT molecular complexity index is 1410. The second kappa shape index (κ2) is 10.5. The Kier molecular flexibility index (Phi) is 7.74. The number of nitrogens with zero attached hydrogens (tertiary/aromatic N) is 2. The first kappa shape index (κ1) is 25.7. The largest absolute Gasteiger partial charge is 0.369 e. The predicted molar refractivity (Wildman–Crippen MR) is 129 cm³/mol. The molecule has 35 heavy (non-hydrogen) atoms. The smallest absolute Gasteiger partial charge is 0.232 e. The molecule has 3 aromatic rings. The van der Waals surface area contributed by atoms with Crippen molar-refractivity contribution >= 4 is 50.0 Å². The molecule has 2 aromatic heterocycles. The highest BCUT2D eigenvalue weighted by molar-refractivity contribution is 7.92. The molecule has 1 aromatic carbocycles. The van der Waals surface area contributed by atoms with Crippen molar-refractivity contribution in [3.05, 3.63) is 47.4 Å². The number of fused-ring (bicyclic) bond motifs is 1. The summed E-state index contributed by atoms with van der Waals surface area (Å²) < 4.78 is 55.9. The molecule has 186 valence electrons. The van der Waals surface area contributed by atoms with E-state index in [1.165, 1.54) is 19.4 Å². The number of anilines is 2. The number of ketones is 1. The van der Waals surface area contributed by atoms with Crippen LogP contribution in [0.1, 0.15) is 42.6 Å². The number of halogens is 2. The highest BCUT2D eigenvalue weighted by Crippen LogP contribution is 2.29. The van der Waals surface area contributed by atoms with E-state index in [-0.39, 0.29) is 59.2 Å². The molecule has 0 amide bonds. The van der Waals surface area contributed by atoms with Crippen molar-refractivity contribution in [2.24, 2.45) is 0 Å². The van der Waals surface area contributed by atoms with Gasteiger partial charge in [0.05, 0.1) is 33.8 Å². The lowest BCUT2D eigenvalue weighted by molar-refractivity contribution is 0.103. The van der Waals surface area contributed by atoms with Crippen LogP contribution in [0.4, 0.5) is 20.3 Å². The Morgan fingerprint density at radius 3 is 2.63 bits per heavy atom. The maximum Gasteiger partial charge on any atom is 0.232 e. The number of hydrogen-bond donors (Lipinski definition) is 6. The molecule has 0 saturated heterocycles. The molecule has 0 bridgehead atoms. The zero-order valence-electron chi connectivity index (χ0n) is 18.9. The number of aromatic nitrogens is 3. The quantitative estimate of drug-likeness (QED) is 0.139. The highest BCUT2D eigenvalue weighted by Gasteiger charge is 2.27. The maximum absolute atomic E-state index is 15.1. The number of carbonyl (C=O) groups is 1. The summed E-state index contributed by atoms with van der Waals surface area (Å²) >= 11 is 0. The van der Waals surface area contributed by atoms with Crippen molar-refractivity contribution in [3.8, 4) is 0 Å². The molecule has 0 aliphatic heterocycles. The van der Waals surface area contributed by atoms with Gasteiger partial charge in [-0.1, -0.05) is 6.92 Å². The van der Waals surface area contributed by atoms with Crippen LogP contribution in [0, 0.1) is 22.5 Å². The molecule has 0 atom stereocenters. The number of sulfonamides is 1. The molecule has 0 radical (unpaired) electrons. The van der Waals surface area contributed by atoms with Crippen molar-refractivity contribution in [1.82, 2.24) is 20.3 Å². The lowest BCUT2D eigenvalue weighted by Gasteiger charge is -2.12. The van der Waals surface area contributed by atoms with Gasteiger partial charge in [0.15, 0.2) is 5.82 Å². The van der Waals surface area contributed by atoms with Gasteiger partial charge in [0.25, 0.3) is 0 Å². The fraction of sp³-hybridized carbons (Fsp3) is 0.286. The van der Waals surface area contributed by atoms with Crippen LogP contribution in [-0.4, -0.2) is 53.1 Å². The molecule has 0 unspecified atom stereocenters. The Balaban J connectivity index is 1.95. The Morgan fingerprint density at radius 1 is 1.20 bits per heavy atom. The van der Waals surface area contributed by atoms with Gasteiger partial charge in [-0.25, -0.2) is 27.2 Å². The van der Waals surface area contributed by atoms with E-state index >= 15 is 4.39 Å². The number of amidine groups is 2. The minimum Gasteiger partial charge on any atom is -0.369 e. The monoisotopic (exact) mass is 506 g/mol. The summed E-state index contributed by atoms with van der Waals surface area (Å²) in [4.78, 5) is 24.1. The van der Waals surface area contributed by atoms with E-state index in [0.717, 1.165) is 12.1 Å². The Hall–Kier alpha value is -3.94. The molecular formula is C21H24F2N8O3S. The number of aromatic amines is 1. The molecule has 0 aliphatic rings. The molecular weight excluding hydrogens is 482 g/mol. The third-order valence-electron chi connectivity index (χ3n) is 4.78. The summed E-state index contributed by atoms with van der Waals surface area (Å²) in [6.07, 6.45) is 2.96. The van der Waals surface area contributed by atoms with E-state index in [0.29, 0.717) is 0 Å². The summed E-state index contributed by atoms with van der Waals surface area (Å²) in [5, 5.41) is 20.8. The van der Waals surface area contributed by atoms with Gasteiger partial charge >= 0.3 is 0 Å². The van der Waals surface area contributed by atoms with Crippen molar-refractivity contribution in [3.63, 3.8) is 0 Å². The van der Waals surface area contributed by atoms with Gasteiger partial charge in [0.2, 0.25) is 15.8 Å². The van der Waals surface area contributed by atoms with Crippen LogP contribution in [0.3, 0.4) is 0 Å². The van der Waals surface area contributed by atoms with E-state index in [2.05, 4.69) is 25.6 Å². The van der Waals surface area contributed by atoms with E-state index in [4.69, 9.17) is 10.8 Å². The standard InChI is InChI=1S/C21H24F2N8O3S/c1-3-8-35(33,34)31-14-5-4-13(22)17(18(14)23)19(32)12-9-27-21-16(12)20(28-10-29-21)26-7-6-15(25)30-11(2)24/h4-5,9-10,31H,3,6-8H2,1-2H3,(H3,24,25,30)(H2,26,27,28,29). The number of hydrogen-bond acceptors (Lipinski definition) is 8. The molecule has 0 spiro atoms. The number of rotatable bonds is 10. The van der Waals surface area contributed by atoms with Gasteiger partial charge in [-0.2, -0.15) is 0 Å². The summed E-state index contributed by atoms with van der Waals surface area (Å²) in [5.74, 6) is -3.40. The second-order valence-electron chi connectivity index (χ2n) is 7.59. The van der Waals surface area contributed by atoms with E-state index in [9.17, 15) is 17.6 Å². The molecule has 2 heterocycles. The minimum absolute atomic E-state index is 0.0900. The van der Waals surface area contributed by atoms with Crippen LogP contribution in [0.5, 0.6) is 0 Å². The molecule has 0 aliphatic carbocycles. The average Bonchev–Trinajstić information content (AvgIpc) is 3.20. The average molecular weight is 507 g/mol. The summed E-state index contributed by atoms with van der Waals surface area (Å²) in [5.41, 5.74) is -1.36. The number of carbonyl (C=O) groups excluding carboxylic acids is 1. The SMILES string of the molecule is CCCS(=O)(=O)Nc1ccc(F)c(C(=O)c2c[nH]c3ncnc(NCCC(=N)NC(C)=N)c23)c1F. The maximum atomic E-state index is 15.1. The fourth-order valence-electron chi connectivity index (χ4n) is 3.33. The lowest BCUT2D eigenvalue weighted by Crippen LogP contribution is -2.28. The normalized spacial score (nSPS) is 11.3. The van der Waals surface area contributed by atoms with Gasteiger partial charge < -0.3 is 15.6 Å². The first-order valence-electron chi connectivity index (χ1n) is 10.5. The van der Waals surface area contributed by atoms with Crippen LogP contribution < -0.4 is 15.4 Å². The Labute approximate surface area is 199 Å². The first-order chi connectivity index (χ1) is 16.5. The molecule has 0 fully saturated rings. The zero-order valence-corrected chi connectivity index (χ0v) is 19.7. The third kappa shape index (κ3) is 5.95. The molecule has 11 nitrogen and oxygen atoms in total. The number of H-pyrrole nitrogens is 1. The molecule has 6 N–H and O–H groups in total. The van der Waals surface area contributed by atoms with Crippen molar-refractivity contribution in [1.29, 1.82) is 10.8 Å². The third-order valence-corrected chi connectivity index (χ3v) is 6.25. The summed E-state index contributed by atoms with van der Waals surface area (Å²) in [7, 11) is -3.88. The van der Waals surface area contributed by atoms with Crippen molar-refractivity contribution in [2.45, 2.75) is 26.7 Å². The van der Waals surface area contributed by atoms with Crippen LogP contribution in [-0.2, 0) is 10.0 Å². The van der Waals surface area contributed by atoms with Gasteiger partial charge in [-0.05, 0) is 25.5 Å². The Morgan fingerprint density at radius 2 is 1.94 bits per heavy atom. The van der Waals surface area contributed by atoms with Gasteiger partial charge in [0.1, 0.15) is 29.4 Å². The number of nitrogens with one attached hydrogen (secondary N) is 6. The van der Waals surface area contributed by atoms with E-state index in [1.807, 2.05) is 4.72 Å². The summed E-state index contributed by atoms with van der Waals surface area (Å²) in [6, 6.07) is 1.73.